The molecule has 2 aromatic heterocycles. The Bertz CT molecular complexity index is 3110. The highest BCUT2D eigenvalue weighted by atomic mass is 16.5. The Morgan fingerprint density at radius 2 is 1.18 bits per heavy atom. The van der Waals surface area contributed by atoms with E-state index in [2.05, 4.69) is 141 Å². The van der Waals surface area contributed by atoms with Gasteiger partial charge in [0, 0.05) is 21.4 Å². The number of hydrogen-bond acceptors (Lipinski definition) is 3. The largest absolute Gasteiger partial charge is 0.457 e. The van der Waals surface area contributed by atoms with Gasteiger partial charge < -0.3 is 4.74 Å². The third-order valence-electron chi connectivity index (χ3n) is 11.3. The molecule has 0 saturated heterocycles. The molecule has 0 saturated carbocycles. The maximum atomic E-state index is 9.34. The number of aromatic nitrogens is 3. The number of hydrogen-bond donors (Lipinski definition) is 0. The second kappa shape index (κ2) is 16.3. The van der Waals surface area contributed by atoms with Crippen LogP contribution in [0.15, 0.2) is 176 Å². The van der Waals surface area contributed by atoms with Gasteiger partial charge in [0.1, 0.15) is 17.3 Å². The van der Waals surface area contributed by atoms with Crippen LogP contribution < -0.4 is 4.74 Å². The fourth-order valence-electron chi connectivity index (χ4n) is 8.14. The third kappa shape index (κ3) is 7.42. The molecule has 0 atom stereocenters. The minimum Gasteiger partial charge on any atom is -0.457 e. The molecule has 294 valence electrons. The molecule has 4 heteroatoms. The summed E-state index contributed by atoms with van der Waals surface area (Å²) in [6.07, 6.45) is 1.38. The molecule has 0 aliphatic heterocycles. The Hall–Kier alpha value is -7.04. The minimum atomic E-state index is -2.45. The van der Waals surface area contributed by atoms with Gasteiger partial charge in [0.05, 0.1) is 23.8 Å². The molecule has 0 amide bonds. The van der Waals surface area contributed by atoms with Crippen LogP contribution in [-0.2, 0) is 0 Å². The summed E-state index contributed by atoms with van der Waals surface area (Å²) in [7, 11) is 0. The summed E-state index contributed by atoms with van der Waals surface area (Å²) in [4.78, 5) is 9.97. The van der Waals surface area contributed by atoms with Crippen LogP contribution in [0.3, 0.4) is 0 Å². The normalized spacial score (nSPS) is 12.7. The van der Waals surface area contributed by atoms with Crippen molar-refractivity contribution in [2.75, 3.05) is 0 Å². The monoisotopic (exact) mass is 783 g/mol. The standard InChI is InChI=1S/C56H49N3O/c1-36(2)47-23-16-24-48(37(3)4)55(47)59-53-26-14-13-25-51(53)58-56(59)45-32-50(43-29-27-41(28-30-43)40-17-9-7-10-18-40)39(6)54(33-45)60-46-22-15-21-44(31-46)52-34-49(38(5)35-57-52)42-19-11-8-12-20-42/h7-37H,1-6H3/i5D3,34D. The molecule has 9 aromatic rings. The second-order valence-electron chi connectivity index (χ2n) is 16.0. The zero-order valence-electron chi connectivity index (χ0n) is 38.6. The molecule has 0 radical (unpaired) electrons. The number of fused-ring (bicyclic) bond motifs is 1. The zero-order chi connectivity index (χ0) is 44.7. The van der Waals surface area contributed by atoms with E-state index >= 15 is 0 Å². The Labute approximate surface area is 359 Å². The highest BCUT2D eigenvalue weighted by molar-refractivity contribution is 5.87. The zero-order valence-corrected chi connectivity index (χ0v) is 34.6. The van der Waals surface area contributed by atoms with Crippen LogP contribution >= 0.6 is 0 Å². The first kappa shape index (κ1) is 33.9. The number of imidazole rings is 1. The number of ether oxygens (including phenoxy) is 1. The van der Waals surface area contributed by atoms with Crippen molar-refractivity contribution in [1.82, 2.24) is 14.5 Å². The summed E-state index contributed by atoms with van der Waals surface area (Å²) >= 11 is 0. The average Bonchev–Trinajstić information content (AvgIpc) is 3.69. The lowest BCUT2D eigenvalue weighted by Crippen LogP contribution is -2.08. The molecule has 0 bridgehead atoms. The quantitative estimate of drug-likeness (QED) is 0.139. The molecule has 0 fully saturated rings. The molecular weight excluding hydrogens is 731 g/mol. The lowest BCUT2D eigenvalue weighted by atomic mass is 9.92. The van der Waals surface area contributed by atoms with Gasteiger partial charge in [0.2, 0.25) is 0 Å². The summed E-state index contributed by atoms with van der Waals surface area (Å²) in [5, 5.41) is 0. The molecule has 4 nitrogen and oxygen atoms in total. The second-order valence-corrected chi connectivity index (χ2v) is 16.0. The van der Waals surface area contributed by atoms with Crippen molar-refractivity contribution in [3.63, 3.8) is 0 Å². The van der Waals surface area contributed by atoms with Gasteiger partial charge in [-0.3, -0.25) is 9.55 Å². The number of para-hydroxylation sites is 3. The smallest absolute Gasteiger partial charge is 0.145 e. The Kier molecular flexibility index (Phi) is 9.21. The van der Waals surface area contributed by atoms with Crippen molar-refractivity contribution in [3.05, 3.63) is 198 Å². The Morgan fingerprint density at radius 3 is 1.88 bits per heavy atom. The summed E-state index contributed by atoms with van der Waals surface area (Å²) in [5.41, 5.74) is 13.8. The molecule has 0 aliphatic carbocycles. The minimum absolute atomic E-state index is 0.0396. The average molecular weight is 784 g/mol. The number of benzene rings is 7. The van der Waals surface area contributed by atoms with Crippen LogP contribution in [0.4, 0.5) is 0 Å². The fraction of sp³-hybridized carbons (Fsp3) is 0.143. The van der Waals surface area contributed by atoms with Crippen LogP contribution in [0, 0.1) is 13.8 Å². The topological polar surface area (TPSA) is 39.9 Å². The van der Waals surface area contributed by atoms with Crippen LogP contribution in [0.2, 0.25) is 0 Å². The molecule has 0 aliphatic rings. The Morgan fingerprint density at radius 1 is 0.583 bits per heavy atom. The third-order valence-corrected chi connectivity index (χ3v) is 11.3. The first-order chi connectivity index (χ1) is 30.9. The van der Waals surface area contributed by atoms with Gasteiger partial charge in [0.25, 0.3) is 0 Å². The van der Waals surface area contributed by atoms with Gasteiger partial charge in [-0.2, -0.15) is 0 Å². The number of rotatable bonds is 10. The van der Waals surface area contributed by atoms with Crippen molar-refractivity contribution in [2.24, 2.45) is 0 Å². The molecule has 2 heterocycles. The van der Waals surface area contributed by atoms with Crippen molar-refractivity contribution >= 4 is 11.0 Å². The van der Waals surface area contributed by atoms with E-state index in [0.717, 1.165) is 55.9 Å². The van der Waals surface area contributed by atoms with Crippen molar-refractivity contribution in [2.45, 2.75) is 53.3 Å². The summed E-state index contributed by atoms with van der Waals surface area (Å²) in [6, 6.07) is 55.1. The highest BCUT2D eigenvalue weighted by Crippen LogP contribution is 2.42. The highest BCUT2D eigenvalue weighted by Gasteiger charge is 2.24. The van der Waals surface area contributed by atoms with Crippen LogP contribution in [0.25, 0.3) is 72.7 Å². The molecule has 9 rings (SSSR count). The van der Waals surface area contributed by atoms with E-state index in [1.54, 1.807) is 0 Å². The fourth-order valence-corrected chi connectivity index (χ4v) is 8.14. The van der Waals surface area contributed by atoms with Gasteiger partial charge >= 0.3 is 0 Å². The van der Waals surface area contributed by atoms with Gasteiger partial charge in [-0.1, -0.05) is 155 Å². The van der Waals surface area contributed by atoms with E-state index in [-0.39, 0.29) is 23.4 Å². The SMILES string of the molecule is [2H]c1c(-c2cccc(Oc3cc(-c4nc5ccccc5n4-c4c(C(C)C)cccc4C(C)C)cc(-c4ccc(-c5ccccc5)cc4)c3C)c2)ncc(C([2H])([2H])[2H])c1-c1ccccc1. The van der Waals surface area contributed by atoms with Crippen molar-refractivity contribution < 1.29 is 10.2 Å². The first-order valence-electron chi connectivity index (χ1n) is 22.6. The predicted octanol–water partition coefficient (Wildman–Crippen LogP) is 15.4. The summed E-state index contributed by atoms with van der Waals surface area (Å²) in [6.45, 7) is 8.61. The van der Waals surface area contributed by atoms with Gasteiger partial charge in [-0.15, -0.1) is 0 Å². The molecule has 0 unspecified atom stereocenters. The van der Waals surface area contributed by atoms with E-state index in [1.807, 2.05) is 66.7 Å². The van der Waals surface area contributed by atoms with Crippen LogP contribution in [-0.4, -0.2) is 14.5 Å². The van der Waals surface area contributed by atoms with E-state index in [9.17, 15) is 1.37 Å². The predicted molar refractivity (Wildman–Crippen MR) is 250 cm³/mol. The molecule has 60 heavy (non-hydrogen) atoms. The maximum absolute atomic E-state index is 9.34. The summed E-state index contributed by atoms with van der Waals surface area (Å²) in [5.74, 6) is 2.53. The van der Waals surface area contributed by atoms with Crippen molar-refractivity contribution in [1.29, 1.82) is 0 Å². The number of aryl methyl sites for hydroxylation is 1. The maximum Gasteiger partial charge on any atom is 0.145 e. The van der Waals surface area contributed by atoms with E-state index in [4.69, 9.17) is 13.8 Å². The molecule has 7 aromatic carbocycles. The lowest BCUT2D eigenvalue weighted by Gasteiger charge is -2.23. The van der Waals surface area contributed by atoms with Gasteiger partial charge in [0.15, 0.2) is 0 Å². The molecular formula is C56H49N3O. The number of pyridine rings is 1. The van der Waals surface area contributed by atoms with Crippen molar-refractivity contribution in [3.8, 4) is 73.2 Å². The van der Waals surface area contributed by atoms with Crippen LogP contribution in [0.5, 0.6) is 11.5 Å². The van der Waals surface area contributed by atoms with E-state index in [0.29, 0.717) is 33.9 Å². The van der Waals surface area contributed by atoms with E-state index in [1.165, 1.54) is 17.3 Å². The first-order valence-corrected chi connectivity index (χ1v) is 20.6. The lowest BCUT2D eigenvalue weighted by molar-refractivity contribution is 0.479. The number of nitrogens with zero attached hydrogens (tertiary/aromatic N) is 3. The van der Waals surface area contributed by atoms with Crippen LogP contribution in [0.1, 0.15) is 67.3 Å². The molecule has 0 spiro atoms. The van der Waals surface area contributed by atoms with Gasteiger partial charge in [-0.25, -0.2) is 4.98 Å². The van der Waals surface area contributed by atoms with E-state index < -0.39 is 6.85 Å². The van der Waals surface area contributed by atoms with Gasteiger partial charge in [-0.05, 0) is 124 Å². The Balaban J connectivity index is 1.23. The molecule has 0 N–H and O–H groups in total. The summed E-state index contributed by atoms with van der Waals surface area (Å²) < 4.78 is 43.4.